The first-order chi connectivity index (χ1) is 6.33. The van der Waals surface area contributed by atoms with Gasteiger partial charge in [0, 0.05) is 5.41 Å². The van der Waals surface area contributed by atoms with Crippen molar-refractivity contribution < 1.29 is 26.3 Å². The summed E-state index contributed by atoms with van der Waals surface area (Å²) >= 11 is 11.3. The lowest BCUT2D eigenvalue weighted by Crippen LogP contribution is -3.00. The molecule has 1 atom stereocenters. The lowest BCUT2D eigenvalue weighted by atomic mass is 9.85. The highest BCUT2D eigenvalue weighted by molar-refractivity contribution is 6.55. The molecule has 0 spiro atoms. The average molecular weight is 317 g/mol. The number of hydrogen-bond donors (Lipinski definition) is 0. The molecule has 5 heteroatoms. The van der Waals surface area contributed by atoms with Gasteiger partial charge in [-0.25, -0.2) is 4.58 Å². The van der Waals surface area contributed by atoms with Crippen molar-refractivity contribution in [2.24, 2.45) is 5.41 Å². The molecule has 88 valence electrons. The van der Waals surface area contributed by atoms with Crippen LogP contribution in [-0.4, -0.2) is 30.7 Å². The van der Waals surface area contributed by atoms with Gasteiger partial charge in [0.2, 0.25) is 0 Å². The summed E-state index contributed by atoms with van der Waals surface area (Å²) in [5.41, 5.74) is 0.0502. The Morgan fingerprint density at radius 3 is 2.33 bits per heavy atom. The molecule has 1 unspecified atom stereocenters. The molecule has 0 bridgehead atoms. The Hall–Kier alpha value is 0.270. The van der Waals surface area contributed by atoms with Gasteiger partial charge in [0.15, 0.2) is 0 Å². The van der Waals surface area contributed by atoms with E-state index >= 15 is 0 Å². The van der Waals surface area contributed by atoms with Gasteiger partial charge in [-0.2, -0.15) is 0 Å². The smallest absolute Gasteiger partial charge is 0.337 e. The van der Waals surface area contributed by atoms with Crippen LogP contribution in [0.3, 0.4) is 0 Å². The molecule has 1 saturated heterocycles. The summed E-state index contributed by atoms with van der Waals surface area (Å²) in [5.74, 6) is 0.978. The van der Waals surface area contributed by atoms with Gasteiger partial charge >= 0.3 is 5.90 Å². The highest BCUT2D eigenvalue weighted by Gasteiger charge is 2.42. The van der Waals surface area contributed by atoms with Crippen LogP contribution in [0.25, 0.3) is 0 Å². The zero-order valence-electron chi connectivity index (χ0n) is 9.35. The van der Waals surface area contributed by atoms with Gasteiger partial charge in [-0.05, 0) is 6.08 Å². The van der Waals surface area contributed by atoms with Crippen molar-refractivity contribution in [3.63, 3.8) is 0 Å². The Kier molecular flexibility index (Phi) is 5.65. The fraction of sp³-hybridized carbons (Fsp3) is 0.700. The minimum Gasteiger partial charge on any atom is -1.00 e. The molecule has 1 aliphatic heterocycles. The molecule has 0 aliphatic carbocycles. The fourth-order valence-electron chi connectivity index (χ4n) is 1.48. The summed E-state index contributed by atoms with van der Waals surface area (Å²) in [6.07, 6.45) is 2.62. The van der Waals surface area contributed by atoms with E-state index in [1.165, 1.54) is 0 Å². The van der Waals surface area contributed by atoms with Crippen LogP contribution in [0.4, 0.5) is 0 Å². The monoisotopic (exact) mass is 315 g/mol. The van der Waals surface area contributed by atoms with E-state index in [0.717, 1.165) is 12.3 Å². The van der Waals surface area contributed by atoms with Crippen LogP contribution in [0.1, 0.15) is 20.3 Å². The summed E-state index contributed by atoms with van der Waals surface area (Å²) in [7, 11) is 3.94. The van der Waals surface area contributed by atoms with E-state index in [0.29, 0.717) is 0 Å². The highest BCUT2D eigenvalue weighted by atomic mass is 79.9. The summed E-state index contributed by atoms with van der Waals surface area (Å²) in [6.45, 7) is 4.28. The van der Waals surface area contributed by atoms with Crippen molar-refractivity contribution in [2.45, 2.75) is 26.4 Å². The molecule has 0 aromatic carbocycles. The lowest BCUT2D eigenvalue weighted by molar-refractivity contribution is -0.474. The van der Waals surface area contributed by atoms with Gasteiger partial charge in [-0.1, -0.05) is 37.0 Å². The van der Waals surface area contributed by atoms with Gasteiger partial charge in [-0.15, -0.1) is 0 Å². The predicted octanol–water partition coefficient (Wildman–Crippen LogP) is -0.205. The summed E-state index contributed by atoms with van der Waals surface area (Å²) in [6, 6.07) is 0. The zero-order valence-corrected chi connectivity index (χ0v) is 12.4. The van der Waals surface area contributed by atoms with Crippen LogP contribution in [0.2, 0.25) is 0 Å². The van der Waals surface area contributed by atoms with Crippen LogP contribution in [0.5, 0.6) is 0 Å². The second kappa shape index (κ2) is 5.55. The van der Waals surface area contributed by atoms with Gasteiger partial charge in [0.25, 0.3) is 0 Å². The first kappa shape index (κ1) is 15.3. The predicted molar refractivity (Wildman–Crippen MR) is 60.2 cm³/mol. The fourth-order valence-corrected chi connectivity index (χ4v) is 1.70. The third kappa shape index (κ3) is 3.97. The lowest BCUT2D eigenvalue weighted by Gasteiger charge is -2.19. The van der Waals surface area contributed by atoms with Crippen molar-refractivity contribution in [3.05, 3.63) is 10.6 Å². The van der Waals surface area contributed by atoms with Gasteiger partial charge in [0.05, 0.1) is 6.42 Å². The molecule has 0 N–H and O–H groups in total. The van der Waals surface area contributed by atoms with Crippen LogP contribution in [0, 0.1) is 5.41 Å². The zero-order chi connectivity index (χ0) is 10.9. The molecule has 0 saturated carbocycles. The molecule has 1 rings (SSSR count). The van der Waals surface area contributed by atoms with Crippen molar-refractivity contribution in [2.75, 3.05) is 14.1 Å². The third-order valence-electron chi connectivity index (χ3n) is 2.42. The second-order valence-electron chi connectivity index (χ2n) is 4.45. The van der Waals surface area contributed by atoms with E-state index in [-0.39, 0.29) is 33.0 Å². The quantitative estimate of drug-likeness (QED) is 0.610. The first-order valence-corrected chi connectivity index (χ1v) is 5.31. The Labute approximate surface area is 112 Å². The Bertz CT molecular complexity index is 292. The third-order valence-corrected chi connectivity index (χ3v) is 2.67. The highest BCUT2D eigenvalue weighted by Crippen LogP contribution is 2.36. The van der Waals surface area contributed by atoms with E-state index in [1.807, 2.05) is 18.7 Å². The normalized spacial score (nSPS) is 22.8. The number of ether oxygens (including phenoxy) is 1. The van der Waals surface area contributed by atoms with Gasteiger partial charge in [0.1, 0.15) is 24.7 Å². The Balaban J connectivity index is 0.00000196. The number of nitrogens with zero attached hydrogens (tertiary/aromatic N) is 1. The van der Waals surface area contributed by atoms with E-state index in [1.54, 1.807) is 6.08 Å². The van der Waals surface area contributed by atoms with Crippen LogP contribution >= 0.6 is 23.2 Å². The summed E-state index contributed by atoms with van der Waals surface area (Å²) in [5, 5.41) is 0. The number of rotatable bonds is 1. The SMILES string of the molecule is C[N+](C)=C1CC(C)(C)C(C=C(Cl)Cl)O1.[Br-]. The van der Waals surface area contributed by atoms with E-state index in [2.05, 4.69) is 13.8 Å². The molecule has 1 fully saturated rings. The summed E-state index contributed by atoms with van der Waals surface area (Å²) < 4.78 is 8.00. The van der Waals surface area contributed by atoms with E-state index < -0.39 is 0 Å². The molecule has 2 nitrogen and oxygen atoms in total. The molecule has 0 aromatic rings. The molecule has 0 amide bonds. The van der Waals surface area contributed by atoms with Gasteiger partial charge < -0.3 is 21.7 Å². The molecule has 1 aliphatic rings. The Morgan fingerprint density at radius 2 is 2.00 bits per heavy atom. The second-order valence-corrected chi connectivity index (χ2v) is 5.46. The minimum atomic E-state index is -0.0371. The van der Waals surface area contributed by atoms with Crippen molar-refractivity contribution in [3.8, 4) is 0 Å². The maximum absolute atomic E-state index is 5.75. The number of halogens is 3. The van der Waals surface area contributed by atoms with E-state index in [4.69, 9.17) is 27.9 Å². The maximum atomic E-state index is 5.75. The standard InChI is InChI=1S/C10H16Cl2NO.BrH/c1-10(2)6-9(13(3)4)14-7(10)5-8(11)12;/h5,7H,6H2,1-4H3;1H/q+1;/p-1. The average Bonchev–Trinajstić information content (AvgIpc) is 2.26. The topological polar surface area (TPSA) is 12.2 Å². The molecule has 0 aromatic heterocycles. The molecular formula is C10H16BrCl2NO. The first-order valence-electron chi connectivity index (χ1n) is 4.55. The van der Waals surface area contributed by atoms with E-state index in [9.17, 15) is 0 Å². The van der Waals surface area contributed by atoms with Crippen LogP contribution < -0.4 is 17.0 Å². The van der Waals surface area contributed by atoms with Crippen molar-refractivity contribution in [1.82, 2.24) is 0 Å². The molecular weight excluding hydrogens is 301 g/mol. The Morgan fingerprint density at radius 1 is 1.47 bits per heavy atom. The van der Waals surface area contributed by atoms with Crippen LogP contribution in [-0.2, 0) is 4.74 Å². The maximum Gasteiger partial charge on any atom is 0.337 e. The molecule has 0 radical (unpaired) electrons. The van der Waals surface area contributed by atoms with Crippen molar-refractivity contribution >= 4 is 29.1 Å². The van der Waals surface area contributed by atoms with Crippen molar-refractivity contribution in [1.29, 1.82) is 0 Å². The number of hydrogen-bond acceptors (Lipinski definition) is 1. The summed E-state index contributed by atoms with van der Waals surface area (Å²) in [4.78, 5) is 0. The van der Waals surface area contributed by atoms with Crippen LogP contribution in [0.15, 0.2) is 10.6 Å². The van der Waals surface area contributed by atoms with Gasteiger partial charge in [-0.3, -0.25) is 0 Å². The molecule has 1 heterocycles. The minimum absolute atomic E-state index is 0. The molecule has 15 heavy (non-hydrogen) atoms. The largest absolute Gasteiger partial charge is 1.00 e.